The van der Waals surface area contributed by atoms with Crippen LogP contribution in [0, 0.1) is 6.92 Å². The van der Waals surface area contributed by atoms with E-state index in [1.165, 1.54) is 28.2 Å². The Labute approximate surface area is 124 Å². The molecule has 1 aromatic heterocycles. The van der Waals surface area contributed by atoms with E-state index in [0.29, 0.717) is 6.10 Å². The average molecular weight is 287 g/mol. The summed E-state index contributed by atoms with van der Waals surface area (Å²) in [4.78, 5) is 2.72. The van der Waals surface area contributed by atoms with E-state index in [9.17, 15) is 0 Å². The van der Waals surface area contributed by atoms with Gasteiger partial charge in [0.2, 0.25) is 0 Å². The second kappa shape index (κ2) is 5.98. The monoisotopic (exact) mass is 287 g/mol. The predicted octanol–water partition coefficient (Wildman–Crippen LogP) is 4.30. The maximum atomic E-state index is 5.91. The van der Waals surface area contributed by atoms with E-state index in [0.717, 1.165) is 12.3 Å². The molecule has 0 aliphatic heterocycles. The quantitative estimate of drug-likeness (QED) is 0.855. The number of aryl methyl sites for hydroxylation is 1. The molecule has 3 rings (SSSR count). The third kappa shape index (κ3) is 3.22. The molecule has 2 nitrogen and oxygen atoms in total. The molecule has 1 heterocycles. The molecule has 1 atom stereocenters. The predicted molar refractivity (Wildman–Crippen MR) is 84.7 cm³/mol. The molecule has 1 unspecified atom stereocenters. The summed E-state index contributed by atoms with van der Waals surface area (Å²) in [5.41, 5.74) is 1.28. The Morgan fingerprint density at radius 2 is 2.15 bits per heavy atom. The lowest BCUT2D eigenvalue weighted by molar-refractivity contribution is 0.302. The minimum atomic E-state index is 0.265. The number of benzene rings is 1. The van der Waals surface area contributed by atoms with Crippen LogP contribution < -0.4 is 10.1 Å². The van der Waals surface area contributed by atoms with E-state index in [1.54, 1.807) is 0 Å². The van der Waals surface area contributed by atoms with E-state index in [2.05, 4.69) is 55.6 Å². The highest BCUT2D eigenvalue weighted by Gasteiger charge is 2.24. The molecule has 1 N–H and O–H groups in total. The molecule has 0 amide bonds. The minimum absolute atomic E-state index is 0.265. The molecule has 1 fully saturated rings. The van der Waals surface area contributed by atoms with Crippen molar-refractivity contribution in [2.45, 2.75) is 38.8 Å². The fraction of sp³-hybridized carbons (Fsp3) is 0.412. The Hall–Kier alpha value is -1.32. The van der Waals surface area contributed by atoms with Gasteiger partial charge in [0.25, 0.3) is 0 Å². The van der Waals surface area contributed by atoms with Crippen molar-refractivity contribution < 1.29 is 4.74 Å². The summed E-state index contributed by atoms with van der Waals surface area (Å²) in [6.45, 7) is 5.26. The fourth-order valence-electron chi connectivity index (χ4n) is 2.34. The maximum Gasteiger partial charge on any atom is 0.120 e. The molecule has 0 radical (unpaired) electrons. The first-order chi connectivity index (χ1) is 9.76. The summed E-state index contributed by atoms with van der Waals surface area (Å²) in [6.07, 6.45) is 2.85. The molecule has 106 valence electrons. The zero-order valence-electron chi connectivity index (χ0n) is 12.1. The van der Waals surface area contributed by atoms with Crippen LogP contribution in [0.4, 0.5) is 0 Å². The number of hydrogen-bond donors (Lipinski definition) is 1. The van der Waals surface area contributed by atoms with E-state index in [4.69, 9.17) is 4.74 Å². The molecule has 1 saturated carbocycles. The normalized spacial score (nSPS) is 16.1. The van der Waals surface area contributed by atoms with Crippen LogP contribution >= 0.6 is 11.3 Å². The molecule has 3 heteroatoms. The topological polar surface area (TPSA) is 21.3 Å². The van der Waals surface area contributed by atoms with Gasteiger partial charge < -0.3 is 10.1 Å². The second-order valence-electron chi connectivity index (χ2n) is 5.33. The first kappa shape index (κ1) is 13.7. The zero-order chi connectivity index (χ0) is 13.9. The average Bonchev–Trinajstić information content (AvgIpc) is 3.16. The van der Waals surface area contributed by atoms with Crippen LogP contribution in [0.5, 0.6) is 5.75 Å². The van der Waals surface area contributed by atoms with E-state index >= 15 is 0 Å². The van der Waals surface area contributed by atoms with Crippen LogP contribution in [0.2, 0.25) is 0 Å². The number of nitrogens with one attached hydrogen (secondary N) is 1. The van der Waals surface area contributed by atoms with Gasteiger partial charge in [-0.1, -0.05) is 19.1 Å². The lowest BCUT2D eigenvalue weighted by Crippen LogP contribution is -2.21. The highest BCUT2D eigenvalue weighted by atomic mass is 32.1. The van der Waals surface area contributed by atoms with Crippen LogP contribution in [0.3, 0.4) is 0 Å². The smallest absolute Gasteiger partial charge is 0.120 e. The van der Waals surface area contributed by atoms with Crippen LogP contribution in [0.25, 0.3) is 0 Å². The Bertz CT molecular complexity index is 574. The lowest BCUT2D eigenvalue weighted by atomic mass is 10.0. The van der Waals surface area contributed by atoms with E-state index < -0.39 is 0 Å². The summed E-state index contributed by atoms with van der Waals surface area (Å²) in [5.74, 6) is 1.00. The summed E-state index contributed by atoms with van der Waals surface area (Å²) in [6, 6.07) is 13.2. The Morgan fingerprint density at radius 1 is 1.30 bits per heavy atom. The highest BCUT2D eigenvalue weighted by molar-refractivity contribution is 7.12. The van der Waals surface area contributed by atoms with Crippen molar-refractivity contribution in [2.24, 2.45) is 0 Å². The summed E-state index contributed by atoms with van der Waals surface area (Å²) >= 11 is 1.86. The van der Waals surface area contributed by atoms with Gasteiger partial charge in [-0.25, -0.2) is 0 Å². The van der Waals surface area contributed by atoms with Crippen molar-refractivity contribution >= 4 is 11.3 Å². The van der Waals surface area contributed by atoms with Crippen molar-refractivity contribution in [1.82, 2.24) is 5.32 Å². The molecule has 1 aliphatic rings. The summed E-state index contributed by atoms with van der Waals surface area (Å²) < 4.78 is 5.91. The van der Waals surface area contributed by atoms with Crippen molar-refractivity contribution in [3.05, 3.63) is 51.7 Å². The molecule has 1 aliphatic carbocycles. The standard InChI is InChI=1S/C17H21NOS/c1-3-18-17(16-10-7-12(2)20-16)13-5-4-6-15(11-13)19-14-8-9-14/h4-7,10-11,14,17-18H,3,8-9H2,1-2H3. The largest absolute Gasteiger partial charge is 0.490 e. The van der Waals surface area contributed by atoms with Gasteiger partial charge in [-0.05, 0) is 56.1 Å². The van der Waals surface area contributed by atoms with Gasteiger partial charge in [0.05, 0.1) is 12.1 Å². The first-order valence-corrected chi connectivity index (χ1v) is 8.14. The molecule has 1 aromatic carbocycles. The lowest BCUT2D eigenvalue weighted by Gasteiger charge is -2.18. The first-order valence-electron chi connectivity index (χ1n) is 7.32. The van der Waals surface area contributed by atoms with Crippen molar-refractivity contribution in [2.75, 3.05) is 6.54 Å². The van der Waals surface area contributed by atoms with Crippen molar-refractivity contribution in [3.63, 3.8) is 0 Å². The summed E-state index contributed by atoms with van der Waals surface area (Å²) in [7, 11) is 0. The Balaban J connectivity index is 1.86. The van der Waals surface area contributed by atoms with Gasteiger partial charge >= 0.3 is 0 Å². The van der Waals surface area contributed by atoms with Crippen molar-refractivity contribution in [3.8, 4) is 5.75 Å². The fourth-order valence-corrected chi connectivity index (χ4v) is 3.32. The number of hydrogen-bond acceptors (Lipinski definition) is 3. The molecule has 0 bridgehead atoms. The third-order valence-electron chi connectivity index (χ3n) is 3.47. The van der Waals surface area contributed by atoms with E-state index in [-0.39, 0.29) is 6.04 Å². The maximum absolute atomic E-state index is 5.91. The second-order valence-corrected chi connectivity index (χ2v) is 6.65. The van der Waals surface area contributed by atoms with Gasteiger partial charge in [0.15, 0.2) is 0 Å². The van der Waals surface area contributed by atoms with Crippen LogP contribution in [0.1, 0.15) is 41.1 Å². The van der Waals surface area contributed by atoms with Crippen molar-refractivity contribution in [1.29, 1.82) is 0 Å². The van der Waals surface area contributed by atoms with Crippen LogP contribution in [0.15, 0.2) is 36.4 Å². The highest BCUT2D eigenvalue weighted by Crippen LogP contribution is 2.32. The number of ether oxygens (including phenoxy) is 1. The molecule has 2 aromatic rings. The Kier molecular flexibility index (Phi) is 4.08. The van der Waals surface area contributed by atoms with Gasteiger partial charge in [0.1, 0.15) is 5.75 Å². The van der Waals surface area contributed by atoms with E-state index in [1.807, 2.05) is 11.3 Å². The van der Waals surface area contributed by atoms with Crippen LogP contribution in [-0.2, 0) is 0 Å². The number of thiophene rings is 1. The summed E-state index contributed by atoms with van der Waals surface area (Å²) in [5, 5.41) is 3.58. The minimum Gasteiger partial charge on any atom is -0.490 e. The Morgan fingerprint density at radius 3 is 2.80 bits per heavy atom. The molecule has 0 saturated heterocycles. The molecular formula is C17H21NOS. The SMILES string of the molecule is CCNC(c1cccc(OC2CC2)c1)c1ccc(C)s1. The van der Waals surface area contributed by atoms with Gasteiger partial charge in [-0.2, -0.15) is 0 Å². The molecule has 0 spiro atoms. The van der Waals surface area contributed by atoms with Gasteiger partial charge in [0, 0.05) is 9.75 Å². The molecule has 20 heavy (non-hydrogen) atoms. The zero-order valence-corrected chi connectivity index (χ0v) is 12.9. The number of rotatable bonds is 6. The van der Waals surface area contributed by atoms with Crippen LogP contribution in [-0.4, -0.2) is 12.6 Å². The van der Waals surface area contributed by atoms with Gasteiger partial charge in [-0.15, -0.1) is 11.3 Å². The molecular weight excluding hydrogens is 266 g/mol. The van der Waals surface area contributed by atoms with Gasteiger partial charge in [-0.3, -0.25) is 0 Å². The third-order valence-corrected chi connectivity index (χ3v) is 4.54.